The van der Waals surface area contributed by atoms with Gasteiger partial charge in [0, 0.05) is 28.7 Å². The van der Waals surface area contributed by atoms with Crippen molar-refractivity contribution >= 4 is 34.6 Å². The smallest absolute Gasteiger partial charge is 0.231 e. The molecule has 3 aromatic rings. The third kappa shape index (κ3) is 2.88. The van der Waals surface area contributed by atoms with Crippen LogP contribution in [-0.4, -0.2) is 23.0 Å². The minimum atomic E-state index is 0.152. The standard InChI is InChI=1S/C21H14N4O3/c1-2-7-23-17-5-4-14-10-16(17)18(20-19(14)27-13-28-20)25-21-15(11-22-12-24-21)6-9-26-8-3-1/h1-12H,13H2/b2-1+,8-3+,9-6+,23-7-,25-18-. The Labute approximate surface area is 160 Å². The number of rotatable bonds is 0. The lowest BCUT2D eigenvalue weighted by molar-refractivity contribution is 0.174. The van der Waals surface area contributed by atoms with Crippen LogP contribution >= 0.6 is 0 Å². The van der Waals surface area contributed by atoms with Gasteiger partial charge in [0.15, 0.2) is 17.3 Å². The van der Waals surface area contributed by atoms with E-state index in [0.717, 1.165) is 16.5 Å². The fourth-order valence-electron chi connectivity index (χ4n) is 3.02. The highest BCUT2D eigenvalue weighted by atomic mass is 16.7. The second kappa shape index (κ2) is 6.96. The monoisotopic (exact) mass is 370 g/mol. The van der Waals surface area contributed by atoms with E-state index in [-0.39, 0.29) is 6.79 Å². The van der Waals surface area contributed by atoms with Gasteiger partial charge in [0.2, 0.25) is 6.79 Å². The lowest BCUT2D eigenvalue weighted by atomic mass is 10.1. The molecule has 1 aromatic heterocycles. The summed E-state index contributed by atoms with van der Waals surface area (Å²) >= 11 is 0. The lowest BCUT2D eigenvalue weighted by Crippen LogP contribution is -2.07. The van der Waals surface area contributed by atoms with Crippen LogP contribution in [0, 0.1) is 0 Å². The summed E-state index contributed by atoms with van der Waals surface area (Å²) in [6.07, 6.45) is 15.1. The van der Waals surface area contributed by atoms with Crippen molar-refractivity contribution in [2.24, 2.45) is 9.98 Å². The van der Waals surface area contributed by atoms with Crippen molar-refractivity contribution in [3.05, 3.63) is 72.4 Å². The van der Waals surface area contributed by atoms with Crippen LogP contribution in [0.2, 0.25) is 0 Å². The first-order valence-electron chi connectivity index (χ1n) is 8.62. The maximum Gasteiger partial charge on any atom is 0.231 e. The second-order valence-electron chi connectivity index (χ2n) is 5.99. The Morgan fingerprint density at radius 2 is 1.93 bits per heavy atom. The number of allylic oxidation sites excluding steroid dienone is 3. The summed E-state index contributed by atoms with van der Waals surface area (Å²) < 4.78 is 16.7. The number of ether oxygens (including phenoxy) is 3. The summed E-state index contributed by atoms with van der Waals surface area (Å²) in [6.45, 7) is 0.152. The molecule has 2 aromatic carbocycles. The van der Waals surface area contributed by atoms with Crippen molar-refractivity contribution in [1.82, 2.24) is 9.97 Å². The average molecular weight is 370 g/mol. The van der Waals surface area contributed by atoms with E-state index in [1.807, 2.05) is 30.4 Å². The van der Waals surface area contributed by atoms with E-state index in [0.29, 0.717) is 28.2 Å². The Kier molecular flexibility index (Phi) is 4.02. The topological polar surface area (TPSA) is 78.2 Å². The minimum Gasteiger partial charge on any atom is -0.473 e. The summed E-state index contributed by atoms with van der Waals surface area (Å²) in [7, 11) is 0. The molecule has 0 atom stereocenters. The van der Waals surface area contributed by atoms with Crippen molar-refractivity contribution in [3.63, 3.8) is 0 Å². The van der Waals surface area contributed by atoms with Gasteiger partial charge in [-0.25, -0.2) is 15.0 Å². The van der Waals surface area contributed by atoms with Gasteiger partial charge >= 0.3 is 0 Å². The Morgan fingerprint density at radius 3 is 2.93 bits per heavy atom. The molecule has 2 aliphatic rings. The highest BCUT2D eigenvalue weighted by Crippen LogP contribution is 2.38. The van der Waals surface area contributed by atoms with Gasteiger partial charge in [-0.05, 0) is 36.4 Å². The van der Waals surface area contributed by atoms with Gasteiger partial charge in [-0.15, -0.1) is 0 Å². The summed E-state index contributed by atoms with van der Waals surface area (Å²) in [5, 5.41) is 2.41. The summed E-state index contributed by atoms with van der Waals surface area (Å²) in [5.41, 5.74) is 1.48. The molecule has 0 fully saturated rings. The van der Waals surface area contributed by atoms with E-state index >= 15 is 0 Å². The van der Waals surface area contributed by atoms with E-state index < -0.39 is 0 Å². The highest BCUT2D eigenvalue weighted by molar-refractivity contribution is 5.90. The first-order valence-corrected chi connectivity index (χ1v) is 8.62. The van der Waals surface area contributed by atoms with Crippen molar-refractivity contribution in [1.29, 1.82) is 0 Å². The number of fused-ring (bicyclic) bond motifs is 5. The molecule has 5 rings (SSSR count). The van der Waals surface area contributed by atoms with Crippen molar-refractivity contribution < 1.29 is 14.2 Å². The van der Waals surface area contributed by atoms with Crippen LogP contribution in [0.1, 0.15) is 5.56 Å². The van der Waals surface area contributed by atoms with Crippen molar-refractivity contribution in [2.75, 3.05) is 6.79 Å². The molecule has 0 saturated carbocycles. The summed E-state index contributed by atoms with van der Waals surface area (Å²) in [5.74, 6) is 1.76. The zero-order valence-corrected chi connectivity index (χ0v) is 14.6. The van der Waals surface area contributed by atoms with E-state index in [1.165, 1.54) is 6.33 Å². The second-order valence-corrected chi connectivity index (χ2v) is 5.99. The third-order valence-electron chi connectivity index (χ3n) is 4.28. The molecule has 7 heteroatoms. The maximum absolute atomic E-state index is 5.74. The number of benzene rings is 2. The molecule has 0 spiro atoms. The molecular weight excluding hydrogens is 356 g/mol. The minimum absolute atomic E-state index is 0.152. The number of aromatic nitrogens is 2. The molecular formula is C21H14N4O3. The molecule has 0 amide bonds. The average Bonchev–Trinajstić information content (AvgIpc) is 3.21. The van der Waals surface area contributed by atoms with Crippen molar-refractivity contribution in [3.8, 4) is 11.5 Å². The largest absolute Gasteiger partial charge is 0.473 e. The Bertz CT molecular complexity index is 1230. The summed E-state index contributed by atoms with van der Waals surface area (Å²) in [4.78, 5) is 17.7. The van der Waals surface area contributed by atoms with E-state index in [4.69, 9.17) is 19.2 Å². The van der Waals surface area contributed by atoms with Gasteiger partial charge in [-0.3, -0.25) is 4.99 Å². The van der Waals surface area contributed by atoms with E-state index in [9.17, 15) is 0 Å². The predicted octanol–water partition coefficient (Wildman–Crippen LogP) is 3.80. The molecule has 3 heterocycles. The normalized spacial score (nSPS) is 20.6. The van der Waals surface area contributed by atoms with Gasteiger partial charge in [-0.2, -0.15) is 0 Å². The highest BCUT2D eigenvalue weighted by Gasteiger charge is 2.21. The molecule has 2 aliphatic heterocycles. The van der Waals surface area contributed by atoms with Crippen LogP contribution in [0.3, 0.4) is 0 Å². The molecule has 0 unspecified atom stereocenters. The van der Waals surface area contributed by atoms with Gasteiger partial charge < -0.3 is 14.2 Å². The molecule has 7 nitrogen and oxygen atoms in total. The zero-order valence-electron chi connectivity index (χ0n) is 14.6. The molecule has 0 radical (unpaired) electrons. The Morgan fingerprint density at radius 1 is 0.964 bits per heavy atom. The fourth-order valence-corrected chi connectivity index (χ4v) is 3.02. The quantitative estimate of drug-likeness (QED) is 0.601. The third-order valence-corrected chi connectivity index (χ3v) is 4.28. The zero-order chi connectivity index (χ0) is 18.8. The molecule has 136 valence electrons. The molecule has 0 aliphatic carbocycles. The first-order chi connectivity index (χ1) is 13.9. The lowest BCUT2D eigenvalue weighted by Gasteiger charge is -2.07. The van der Waals surface area contributed by atoms with Crippen LogP contribution in [0.25, 0.3) is 16.8 Å². The molecule has 0 saturated heterocycles. The number of aliphatic imine (C=N–C) groups is 1. The number of nitrogens with zero attached hydrogens (tertiary/aromatic N) is 4. The Balaban J connectivity index is 1.84. The van der Waals surface area contributed by atoms with Crippen LogP contribution in [-0.2, 0) is 4.74 Å². The van der Waals surface area contributed by atoms with Crippen LogP contribution in [0.5, 0.6) is 11.5 Å². The maximum atomic E-state index is 5.74. The van der Waals surface area contributed by atoms with Crippen LogP contribution < -0.4 is 14.8 Å². The van der Waals surface area contributed by atoms with Crippen LogP contribution in [0.4, 0.5) is 11.5 Å². The number of hydrogen-bond donors (Lipinski definition) is 0. The number of hydrogen-bond acceptors (Lipinski definition) is 7. The summed E-state index contributed by atoms with van der Waals surface area (Å²) in [6, 6.07) is 5.90. The molecule has 28 heavy (non-hydrogen) atoms. The molecule has 2 bridgehead atoms. The first kappa shape index (κ1) is 16.2. The Hall–Kier alpha value is -4.00. The van der Waals surface area contributed by atoms with Crippen LogP contribution in [0.15, 0.2) is 71.5 Å². The fraction of sp³-hybridized carbons (Fsp3) is 0.0476. The van der Waals surface area contributed by atoms with E-state index in [1.54, 1.807) is 37.1 Å². The SMILES string of the molecule is C1=N\c2ccc3cc2/c(c2c3OCO2)=N/c2ncncc2/C=C/O/C=C/C=C/1. The van der Waals surface area contributed by atoms with Gasteiger partial charge in [-0.1, -0.05) is 6.08 Å². The van der Waals surface area contributed by atoms with Crippen molar-refractivity contribution in [2.45, 2.75) is 0 Å². The van der Waals surface area contributed by atoms with Gasteiger partial charge in [0.1, 0.15) is 11.7 Å². The molecule has 0 N–H and O–H groups in total. The van der Waals surface area contributed by atoms with Gasteiger partial charge in [0.05, 0.1) is 18.2 Å². The predicted molar refractivity (Wildman–Crippen MR) is 105 cm³/mol. The van der Waals surface area contributed by atoms with E-state index in [2.05, 4.69) is 15.0 Å². The van der Waals surface area contributed by atoms with Gasteiger partial charge in [0.25, 0.3) is 0 Å².